The van der Waals surface area contributed by atoms with Gasteiger partial charge in [0.05, 0.1) is 12.2 Å². The van der Waals surface area contributed by atoms with Crippen molar-refractivity contribution in [2.24, 2.45) is 0 Å². The van der Waals surface area contributed by atoms with E-state index in [4.69, 9.17) is 9.47 Å². The molecular weight excluding hydrogens is 202 g/mol. The number of rotatable bonds is 9. The van der Waals surface area contributed by atoms with E-state index in [9.17, 15) is 0 Å². The Morgan fingerprint density at radius 1 is 1.25 bits per heavy atom. The standard InChI is InChI=1S/C13H29NO2/c1-6-9-14-12(11-15-5)8-7-10-16-13(2,3)4/h12,14H,6-11H2,1-5H3. The van der Waals surface area contributed by atoms with Gasteiger partial charge in [0.25, 0.3) is 0 Å². The fourth-order valence-electron chi connectivity index (χ4n) is 1.50. The molecule has 3 heteroatoms. The number of nitrogens with one attached hydrogen (secondary N) is 1. The molecule has 0 spiro atoms. The van der Waals surface area contributed by atoms with E-state index in [-0.39, 0.29) is 5.60 Å². The molecule has 1 N–H and O–H groups in total. The SMILES string of the molecule is CCCNC(CCCOC(C)(C)C)COC. The van der Waals surface area contributed by atoms with Crippen molar-refractivity contribution >= 4 is 0 Å². The normalized spacial score (nSPS) is 14.1. The average molecular weight is 231 g/mol. The maximum atomic E-state index is 5.69. The van der Waals surface area contributed by atoms with Gasteiger partial charge in [-0.05, 0) is 46.6 Å². The van der Waals surface area contributed by atoms with Crippen molar-refractivity contribution in [3.05, 3.63) is 0 Å². The summed E-state index contributed by atoms with van der Waals surface area (Å²) in [5, 5.41) is 3.49. The van der Waals surface area contributed by atoms with Crippen LogP contribution in [0.1, 0.15) is 47.0 Å². The fraction of sp³-hybridized carbons (Fsp3) is 1.00. The first-order chi connectivity index (χ1) is 7.49. The summed E-state index contributed by atoms with van der Waals surface area (Å²) in [6.07, 6.45) is 3.37. The molecule has 16 heavy (non-hydrogen) atoms. The molecule has 0 fully saturated rings. The molecule has 0 aromatic carbocycles. The molecule has 0 heterocycles. The Kier molecular flexibility index (Phi) is 8.90. The molecule has 1 atom stereocenters. The molecule has 0 rings (SSSR count). The van der Waals surface area contributed by atoms with Gasteiger partial charge in [-0.1, -0.05) is 6.92 Å². The molecular formula is C13H29NO2. The summed E-state index contributed by atoms with van der Waals surface area (Å²) in [4.78, 5) is 0. The highest BCUT2D eigenvalue weighted by Gasteiger charge is 2.11. The van der Waals surface area contributed by atoms with Crippen LogP contribution in [0.3, 0.4) is 0 Å². The Morgan fingerprint density at radius 2 is 1.94 bits per heavy atom. The zero-order valence-electron chi connectivity index (χ0n) is 11.6. The lowest BCUT2D eigenvalue weighted by Gasteiger charge is -2.21. The van der Waals surface area contributed by atoms with E-state index in [1.807, 2.05) is 0 Å². The second-order valence-electron chi connectivity index (χ2n) is 5.21. The molecule has 1 unspecified atom stereocenters. The number of methoxy groups -OCH3 is 1. The van der Waals surface area contributed by atoms with E-state index in [1.165, 1.54) is 6.42 Å². The largest absolute Gasteiger partial charge is 0.383 e. The summed E-state index contributed by atoms with van der Waals surface area (Å²) in [6, 6.07) is 0.466. The Bertz CT molecular complexity index is 155. The molecule has 0 saturated heterocycles. The van der Waals surface area contributed by atoms with Crippen molar-refractivity contribution < 1.29 is 9.47 Å². The van der Waals surface area contributed by atoms with Crippen LogP contribution in [0, 0.1) is 0 Å². The van der Waals surface area contributed by atoms with Gasteiger partial charge in [0, 0.05) is 19.8 Å². The molecule has 0 aliphatic rings. The lowest BCUT2D eigenvalue weighted by molar-refractivity contribution is -0.00616. The Hall–Kier alpha value is -0.120. The van der Waals surface area contributed by atoms with E-state index >= 15 is 0 Å². The van der Waals surface area contributed by atoms with Gasteiger partial charge in [-0.3, -0.25) is 0 Å². The van der Waals surface area contributed by atoms with Crippen LogP contribution in [-0.2, 0) is 9.47 Å². The van der Waals surface area contributed by atoms with Crippen LogP contribution in [0.5, 0.6) is 0 Å². The predicted molar refractivity (Wildman–Crippen MR) is 68.9 cm³/mol. The van der Waals surface area contributed by atoms with Crippen LogP contribution < -0.4 is 5.32 Å². The smallest absolute Gasteiger partial charge is 0.0615 e. The first kappa shape index (κ1) is 15.9. The van der Waals surface area contributed by atoms with Crippen molar-refractivity contribution in [3.63, 3.8) is 0 Å². The zero-order chi connectivity index (χ0) is 12.4. The molecule has 0 aliphatic heterocycles. The quantitative estimate of drug-likeness (QED) is 0.619. The Morgan fingerprint density at radius 3 is 2.44 bits per heavy atom. The van der Waals surface area contributed by atoms with Gasteiger partial charge in [-0.25, -0.2) is 0 Å². The van der Waals surface area contributed by atoms with Crippen molar-refractivity contribution in [1.29, 1.82) is 0 Å². The minimum Gasteiger partial charge on any atom is -0.383 e. The molecule has 3 nitrogen and oxygen atoms in total. The van der Waals surface area contributed by atoms with Gasteiger partial charge < -0.3 is 14.8 Å². The molecule has 0 aromatic rings. The molecule has 0 saturated carbocycles. The summed E-state index contributed by atoms with van der Waals surface area (Å²) in [7, 11) is 1.76. The highest BCUT2D eigenvalue weighted by molar-refractivity contribution is 4.66. The molecule has 0 bridgehead atoms. The zero-order valence-corrected chi connectivity index (χ0v) is 11.6. The lowest BCUT2D eigenvalue weighted by Crippen LogP contribution is -2.34. The molecule has 0 aliphatic carbocycles. The van der Waals surface area contributed by atoms with E-state index in [0.29, 0.717) is 6.04 Å². The highest BCUT2D eigenvalue weighted by atomic mass is 16.5. The van der Waals surface area contributed by atoms with Crippen LogP contribution in [0.25, 0.3) is 0 Å². The van der Waals surface area contributed by atoms with Crippen LogP contribution >= 0.6 is 0 Å². The fourth-order valence-corrected chi connectivity index (χ4v) is 1.50. The van der Waals surface area contributed by atoms with Crippen LogP contribution in [0.4, 0.5) is 0 Å². The summed E-state index contributed by atoms with van der Waals surface area (Å²) in [6.45, 7) is 11.1. The lowest BCUT2D eigenvalue weighted by atomic mass is 10.1. The van der Waals surface area contributed by atoms with Crippen molar-refractivity contribution in [2.45, 2.75) is 58.6 Å². The van der Waals surface area contributed by atoms with Crippen molar-refractivity contribution in [1.82, 2.24) is 5.32 Å². The van der Waals surface area contributed by atoms with Crippen molar-refractivity contribution in [3.8, 4) is 0 Å². The number of hydrogen-bond acceptors (Lipinski definition) is 3. The van der Waals surface area contributed by atoms with Gasteiger partial charge >= 0.3 is 0 Å². The maximum Gasteiger partial charge on any atom is 0.0615 e. The third kappa shape index (κ3) is 10.4. The van der Waals surface area contributed by atoms with E-state index in [1.54, 1.807) is 7.11 Å². The summed E-state index contributed by atoms with van der Waals surface area (Å²) in [5.41, 5.74) is -0.0202. The first-order valence-electron chi connectivity index (χ1n) is 6.36. The van der Waals surface area contributed by atoms with Gasteiger partial charge in [0.1, 0.15) is 0 Å². The van der Waals surface area contributed by atoms with Crippen LogP contribution in [0.15, 0.2) is 0 Å². The predicted octanol–water partition coefficient (Wildman–Crippen LogP) is 2.60. The summed E-state index contributed by atoms with van der Waals surface area (Å²) in [5.74, 6) is 0. The third-order valence-electron chi connectivity index (χ3n) is 2.28. The number of hydrogen-bond donors (Lipinski definition) is 1. The van der Waals surface area contributed by atoms with E-state index in [0.717, 1.165) is 32.6 Å². The maximum absolute atomic E-state index is 5.69. The topological polar surface area (TPSA) is 30.5 Å². The Labute approximate surface area is 101 Å². The second kappa shape index (κ2) is 8.97. The van der Waals surface area contributed by atoms with Gasteiger partial charge in [0.15, 0.2) is 0 Å². The van der Waals surface area contributed by atoms with Gasteiger partial charge in [-0.15, -0.1) is 0 Å². The van der Waals surface area contributed by atoms with Crippen molar-refractivity contribution in [2.75, 3.05) is 26.9 Å². The van der Waals surface area contributed by atoms with E-state index < -0.39 is 0 Å². The summed E-state index contributed by atoms with van der Waals surface area (Å²) >= 11 is 0. The van der Waals surface area contributed by atoms with Crippen LogP contribution in [0.2, 0.25) is 0 Å². The Balaban J connectivity index is 3.59. The molecule has 0 radical (unpaired) electrons. The third-order valence-corrected chi connectivity index (χ3v) is 2.28. The summed E-state index contributed by atoms with van der Waals surface area (Å²) < 4.78 is 10.9. The van der Waals surface area contributed by atoms with Gasteiger partial charge in [-0.2, -0.15) is 0 Å². The molecule has 0 aromatic heterocycles. The monoisotopic (exact) mass is 231 g/mol. The minimum absolute atomic E-state index is 0.0202. The number of ether oxygens (including phenoxy) is 2. The minimum atomic E-state index is -0.0202. The molecule has 98 valence electrons. The second-order valence-corrected chi connectivity index (χ2v) is 5.21. The van der Waals surface area contributed by atoms with E-state index in [2.05, 4.69) is 33.0 Å². The highest BCUT2D eigenvalue weighted by Crippen LogP contribution is 2.08. The first-order valence-corrected chi connectivity index (χ1v) is 6.36. The van der Waals surface area contributed by atoms with Crippen LogP contribution in [-0.4, -0.2) is 38.5 Å². The molecule has 0 amide bonds. The average Bonchev–Trinajstić information content (AvgIpc) is 2.19. The van der Waals surface area contributed by atoms with Gasteiger partial charge in [0.2, 0.25) is 0 Å².